The Kier molecular flexibility index (Phi) is 8.19. The lowest BCUT2D eigenvalue weighted by molar-refractivity contribution is -0.131. The van der Waals surface area contributed by atoms with Crippen LogP contribution in [0.1, 0.15) is 37.0 Å². The molecule has 1 atom stereocenters. The molecule has 2 heterocycles. The number of carbonyl (C=O) groups is 1. The fourth-order valence-corrected chi connectivity index (χ4v) is 3.31. The van der Waals surface area contributed by atoms with E-state index in [4.69, 9.17) is 0 Å². The van der Waals surface area contributed by atoms with Crippen LogP contribution in [-0.4, -0.2) is 37.0 Å². The monoisotopic (exact) mass is 316 g/mol. The topological polar surface area (TPSA) is 32.3 Å². The van der Waals surface area contributed by atoms with E-state index in [1.165, 1.54) is 11.3 Å². The Bertz CT molecular complexity index is 377. The van der Waals surface area contributed by atoms with Gasteiger partial charge < -0.3 is 10.2 Å². The highest BCUT2D eigenvalue weighted by Crippen LogP contribution is 2.14. The zero-order chi connectivity index (χ0) is 13.5. The van der Waals surface area contributed by atoms with Crippen LogP contribution in [0.25, 0.3) is 0 Å². The Balaban J connectivity index is 0.00000200. The summed E-state index contributed by atoms with van der Waals surface area (Å²) in [7, 11) is 1.95. The summed E-state index contributed by atoms with van der Waals surface area (Å²) in [4.78, 5) is 15.4. The average Bonchev–Trinajstić information content (AvgIpc) is 3.10. The summed E-state index contributed by atoms with van der Waals surface area (Å²) in [6.07, 6.45) is 6.34. The van der Waals surface area contributed by atoms with Crippen molar-refractivity contribution in [2.24, 2.45) is 0 Å². The molecule has 0 aromatic carbocycles. The molecule has 1 aromatic heterocycles. The standard InChI is InChI=1S/C15H24N2OS.ClH/c1-17(13-9-10-16-12-13)15(18)8-4-2-3-6-14-7-5-11-19-14;/h5,7,11,13,16H,2-4,6,8-10,12H2,1H3;1H. The molecular weight excluding hydrogens is 292 g/mol. The maximum Gasteiger partial charge on any atom is 0.222 e. The second-order valence-electron chi connectivity index (χ2n) is 5.29. The summed E-state index contributed by atoms with van der Waals surface area (Å²) >= 11 is 1.83. The van der Waals surface area contributed by atoms with Gasteiger partial charge in [0.25, 0.3) is 0 Å². The quantitative estimate of drug-likeness (QED) is 0.784. The van der Waals surface area contributed by atoms with Gasteiger partial charge in [0, 0.05) is 30.9 Å². The van der Waals surface area contributed by atoms with Crippen molar-refractivity contribution in [3.8, 4) is 0 Å². The summed E-state index contributed by atoms with van der Waals surface area (Å²) in [5, 5.41) is 5.44. The van der Waals surface area contributed by atoms with E-state index in [-0.39, 0.29) is 12.4 Å². The first-order valence-corrected chi connectivity index (χ1v) is 8.14. The van der Waals surface area contributed by atoms with E-state index in [1.807, 2.05) is 23.3 Å². The summed E-state index contributed by atoms with van der Waals surface area (Å²) in [6, 6.07) is 4.71. The third-order valence-corrected chi connectivity index (χ3v) is 4.81. The predicted molar refractivity (Wildman–Crippen MR) is 87.8 cm³/mol. The molecule has 2 rings (SSSR count). The Morgan fingerprint density at radius 2 is 2.30 bits per heavy atom. The van der Waals surface area contributed by atoms with Gasteiger partial charge in [-0.05, 0) is 43.7 Å². The van der Waals surface area contributed by atoms with Crippen LogP contribution in [-0.2, 0) is 11.2 Å². The second kappa shape index (κ2) is 9.37. The van der Waals surface area contributed by atoms with Crippen LogP contribution < -0.4 is 5.32 Å². The van der Waals surface area contributed by atoms with Gasteiger partial charge in [-0.25, -0.2) is 0 Å². The molecule has 1 fully saturated rings. The molecule has 1 aliphatic heterocycles. The number of unbranched alkanes of at least 4 members (excludes halogenated alkanes) is 2. The summed E-state index contributed by atoms with van der Waals surface area (Å²) < 4.78 is 0. The molecule has 1 aromatic rings. The predicted octanol–water partition coefficient (Wildman–Crippen LogP) is 3.09. The molecule has 1 N–H and O–H groups in total. The number of carbonyl (C=O) groups excluding carboxylic acids is 1. The number of nitrogens with one attached hydrogen (secondary N) is 1. The molecule has 1 unspecified atom stereocenters. The van der Waals surface area contributed by atoms with E-state index < -0.39 is 0 Å². The lowest BCUT2D eigenvalue weighted by atomic mass is 10.1. The molecule has 114 valence electrons. The molecule has 1 saturated heterocycles. The molecule has 1 aliphatic rings. The van der Waals surface area contributed by atoms with Gasteiger partial charge >= 0.3 is 0 Å². The van der Waals surface area contributed by atoms with Crippen LogP contribution in [0.5, 0.6) is 0 Å². The van der Waals surface area contributed by atoms with Gasteiger partial charge in [-0.1, -0.05) is 12.5 Å². The zero-order valence-electron chi connectivity index (χ0n) is 12.1. The number of likely N-dealkylation sites (N-methyl/N-ethyl adjacent to an activating group) is 1. The number of rotatable bonds is 7. The smallest absolute Gasteiger partial charge is 0.222 e. The molecule has 0 bridgehead atoms. The van der Waals surface area contributed by atoms with Crippen molar-refractivity contribution in [1.29, 1.82) is 0 Å². The minimum Gasteiger partial charge on any atom is -0.341 e. The van der Waals surface area contributed by atoms with Crippen LogP contribution in [0.4, 0.5) is 0 Å². The molecule has 0 spiro atoms. The van der Waals surface area contributed by atoms with Gasteiger partial charge in [0.1, 0.15) is 0 Å². The number of hydrogen-bond donors (Lipinski definition) is 1. The first-order valence-electron chi connectivity index (χ1n) is 7.26. The fraction of sp³-hybridized carbons (Fsp3) is 0.667. The number of aryl methyl sites for hydroxylation is 1. The fourth-order valence-electron chi connectivity index (χ4n) is 2.56. The van der Waals surface area contributed by atoms with Crippen molar-refractivity contribution in [3.05, 3.63) is 22.4 Å². The van der Waals surface area contributed by atoms with Gasteiger partial charge in [-0.3, -0.25) is 4.79 Å². The van der Waals surface area contributed by atoms with Crippen LogP contribution in [0.3, 0.4) is 0 Å². The van der Waals surface area contributed by atoms with E-state index in [9.17, 15) is 4.79 Å². The molecule has 20 heavy (non-hydrogen) atoms. The van der Waals surface area contributed by atoms with Crippen LogP contribution in [0.2, 0.25) is 0 Å². The van der Waals surface area contributed by atoms with Crippen molar-refractivity contribution < 1.29 is 4.79 Å². The van der Waals surface area contributed by atoms with E-state index >= 15 is 0 Å². The number of thiophene rings is 1. The lowest BCUT2D eigenvalue weighted by Crippen LogP contribution is -2.38. The molecule has 5 heteroatoms. The third-order valence-electron chi connectivity index (χ3n) is 3.87. The molecule has 0 saturated carbocycles. The van der Waals surface area contributed by atoms with Crippen molar-refractivity contribution in [2.75, 3.05) is 20.1 Å². The highest BCUT2D eigenvalue weighted by molar-refractivity contribution is 7.09. The maximum atomic E-state index is 12.0. The minimum atomic E-state index is 0. The molecular formula is C15H25ClN2OS. The summed E-state index contributed by atoms with van der Waals surface area (Å²) in [6.45, 7) is 2.00. The number of halogens is 1. The molecule has 0 radical (unpaired) electrons. The van der Waals surface area contributed by atoms with E-state index in [0.717, 1.165) is 38.8 Å². The van der Waals surface area contributed by atoms with E-state index in [2.05, 4.69) is 22.8 Å². The minimum absolute atomic E-state index is 0. The van der Waals surface area contributed by atoms with Gasteiger partial charge in [0.2, 0.25) is 5.91 Å². The first kappa shape index (κ1) is 17.5. The zero-order valence-corrected chi connectivity index (χ0v) is 13.8. The molecule has 0 aliphatic carbocycles. The summed E-state index contributed by atoms with van der Waals surface area (Å²) in [5.41, 5.74) is 0. The maximum absolute atomic E-state index is 12.0. The highest BCUT2D eigenvalue weighted by atomic mass is 35.5. The Morgan fingerprint density at radius 3 is 2.95 bits per heavy atom. The van der Waals surface area contributed by atoms with Crippen LogP contribution in [0.15, 0.2) is 17.5 Å². The van der Waals surface area contributed by atoms with Crippen LogP contribution >= 0.6 is 23.7 Å². The SMILES string of the molecule is CN(C(=O)CCCCCc1cccs1)C1CCNC1.Cl. The van der Waals surface area contributed by atoms with E-state index in [1.54, 1.807) is 0 Å². The van der Waals surface area contributed by atoms with Crippen molar-refractivity contribution in [3.63, 3.8) is 0 Å². The molecule has 3 nitrogen and oxygen atoms in total. The van der Waals surface area contributed by atoms with Crippen molar-refractivity contribution in [2.45, 2.75) is 44.6 Å². The van der Waals surface area contributed by atoms with Gasteiger partial charge in [-0.15, -0.1) is 23.7 Å². The van der Waals surface area contributed by atoms with Crippen molar-refractivity contribution in [1.82, 2.24) is 10.2 Å². The number of nitrogens with zero attached hydrogens (tertiary/aromatic N) is 1. The van der Waals surface area contributed by atoms with Gasteiger partial charge in [0.05, 0.1) is 0 Å². The summed E-state index contributed by atoms with van der Waals surface area (Å²) in [5.74, 6) is 0.310. The third kappa shape index (κ3) is 5.43. The molecule has 1 amide bonds. The first-order chi connectivity index (χ1) is 9.27. The Hall–Kier alpha value is -0.580. The van der Waals surface area contributed by atoms with Gasteiger partial charge in [-0.2, -0.15) is 0 Å². The normalized spacial score (nSPS) is 17.8. The largest absolute Gasteiger partial charge is 0.341 e. The number of amides is 1. The number of hydrogen-bond acceptors (Lipinski definition) is 3. The lowest BCUT2D eigenvalue weighted by Gasteiger charge is -2.23. The van der Waals surface area contributed by atoms with E-state index in [0.29, 0.717) is 18.4 Å². The highest BCUT2D eigenvalue weighted by Gasteiger charge is 2.22. The Labute approximate surface area is 132 Å². The second-order valence-corrected chi connectivity index (χ2v) is 6.32. The Morgan fingerprint density at radius 1 is 1.45 bits per heavy atom. The van der Waals surface area contributed by atoms with Gasteiger partial charge in [0.15, 0.2) is 0 Å². The van der Waals surface area contributed by atoms with Crippen molar-refractivity contribution >= 4 is 29.7 Å². The average molecular weight is 317 g/mol. The van der Waals surface area contributed by atoms with Crippen LogP contribution in [0, 0.1) is 0 Å².